The van der Waals surface area contributed by atoms with Crippen LogP contribution in [0, 0.1) is 21.4 Å². The van der Waals surface area contributed by atoms with E-state index in [0.717, 1.165) is 0 Å². The van der Waals surface area contributed by atoms with E-state index in [4.69, 9.17) is 16.9 Å². The van der Waals surface area contributed by atoms with Crippen molar-refractivity contribution in [1.29, 1.82) is 5.26 Å². The molecule has 0 aromatic heterocycles. The summed E-state index contributed by atoms with van der Waals surface area (Å²) in [4.78, 5) is 24.1. The first-order valence-corrected chi connectivity index (χ1v) is 6.98. The minimum Gasteiger partial charge on any atom is -0.337 e. The van der Waals surface area contributed by atoms with E-state index in [2.05, 4.69) is 0 Å². The third-order valence-electron chi connectivity index (χ3n) is 3.23. The summed E-state index contributed by atoms with van der Waals surface area (Å²) in [6.45, 7) is 0.121. The van der Waals surface area contributed by atoms with Gasteiger partial charge in [0, 0.05) is 36.3 Å². The summed E-state index contributed by atoms with van der Waals surface area (Å²) in [6, 6.07) is 12.4. The van der Waals surface area contributed by atoms with Gasteiger partial charge >= 0.3 is 0 Å². The molecule has 0 spiro atoms. The SMILES string of the molecule is CN(Cc1cc([N+](=O)[O-])ccc1Cl)C(=O)c1cccc(C#N)c1. The normalized spacial score (nSPS) is 9.96. The number of benzene rings is 2. The van der Waals surface area contributed by atoms with Crippen molar-refractivity contribution < 1.29 is 9.72 Å². The molecule has 0 unspecified atom stereocenters. The Bertz CT molecular complexity index is 814. The average Bonchev–Trinajstić information content (AvgIpc) is 2.55. The molecule has 7 heteroatoms. The van der Waals surface area contributed by atoms with Gasteiger partial charge in [-0.25, -0.2) is 0 Å². The van der Waals surface area contributed by atoms with E-state index < -0.39 is 4.92 Å². The van der Waals surface area contributed by atoms with Gasteiger partial charge in [0.25, 0.3) is 11.6 Å². The van der Waals surface area contributed by atoms with E-state index in [1.165, 1.54) is 29.2 Å². The number of carbonyl (C=O) groups is 1. The molecule has 0 atom stereocenters. The quantitative estimate of drug-likeness (QED) is 0.635. The highest BCUT2D eigenvalue weighted by atomic mass is 35.5. The van der Waals surface area contributed by atoms with E-state index in [1.807, 2.05) is 6.07 Å². The summed E-state index contributed by atoms with van der Waals surface area (Å²) in [5.41, 5.74) is 1.15. The Balaban J connectivity index is 2.23. The first-order valence-electron chi connectivity index (χ1n) is 6.61. The summed E-state index contributed by atoms with van der Waals surface area (Å²) < 4.78 is 0. The molecule has 0 fully saturated rings. The van der Waals surface area contributed by atoms with Crippen LogP contribution < -0.4 is 0 Å². The highest BCUT2D eigenvalue weighted by molar-refractivity contribution is 6.31. The van der Waals surface area contributed by atoms with Gasteiger partial charge in [-0.1, -0.05) is 17.7 Å². The van der Waals surface area contributed by atoms with Crippen molar-refractivity contribution in [2.24, 2.45) is 0 Å². The zero-order valence-corrected chi connectivity index (χ0v) is 12.9. The summed E-state index contributed by atoms with van der Waals surface area (Å²) in [5, 5.41) is 20.1. The molecule has 2 aromatic carbocycles. The second-order valence-electron chi connectivity index (χ2n) is 4.89. The fraction of sp³-hybridized carbons (Fsp3) is 0.125. The number of nitro groups is 1. The smallest absolute Gasteiger partial charge is 0.269 e. The van der Waals surface area contributed by atoms with Gasteiger partial charge in [0.05, 0.1) is 16.6 Å². The van der Waals surface area contributed by atoms with Crippen molar-refractivity contribution >= 4 is 23.2 Å². The number of carbonyl (C=O) groups excluding carboxylic acids is 1. The number of rotatable bonds is 4. The number of non-ortho nitro benzene ring substituents is 1. The molecule has 1 amide bonds. The number of hydrogen-bond acceptors (Lipinski definition) is 4. The van der Waals surface area contributed by atoms with Crippen molar-refractivity contribution in [3.8, 4) is 6.07 Å². The Morgan fingerprint density at radius 1 is 1.35 bits per heavy atom. The Hall–Kier alpha value is -2.91. The van der Waals surface area contributed by atoms with Crippen LogP contribution >= 0.6 is 11.6 Å². The van der Waals surface area contributed by atoms with Crippen LogP contribution in [0.15, 0.2) is 42.5 Å². The molecule has 0 bridgehead atoms. The van der Waals surface area contributed by atoms with Crippen LogP contribution in [0.4, 0.5) is 5.69 Å². The summed E-state index contributed by atoms with van der Waals surface area (Å²) in [5.74, 6) is -0.301. The van der Waals surface area contributed by atoms with Crippen molar-refractivity contribution in [3.63, 3.8) is 0 Å². The van der Waals surface area contributed by atoms with Gasteiger partial charge in [-0.2, -0.15) is 5.26 Å². The molecule has 2 aromatic rings. The van der Waals surface area contributed by atoms with E-state index in [9.17, 15) is 14.9 Å². The molecule has 6 nitrogen and oxygen atoms in total. The Kier molecular flexibility index (Phi) is 4.94. The molecule has 0 aliphatic rings. The van der Waals surface area contributed by atoms with E-state index in [0.29, 0.717) is 21.7 Å². The number of nitro benzene ring substituents is 1. The maximum atomic E-state index is 12.4. The van der Waals surface area contributed by atoms with Gasteiger partial charge < -0.3 is 4.90 Å². The lowest BCUT2D eigenvalue weighted by Gasteiger charge is -2.18. The molecule has 0 N–H and O–H groups in total. The first kappa shape index (κ1) is 16.5. The minimum atomic E-state index is -0.516. The maximum absolute atomic E-state index is 12.4. The van der Waals surface area contributed by atoms with Gasteiger partial charge in [0.1, 0.15) is 0 Å². The molecule has 0 radical (unpaired) electrons. The van der Waals surface area contributed by atoms with Gasteiger partial charge in [-0.3, -0.25) is 14.9 Å². The van der Waals surface area contributed by atoms with Crippen LogP contribution in [-0.4, -0.2) is 22.8 Å². The number of nitriles is 1. The second kappa shape index (κ2) is 6.90. The molecule has 23 heavy (non-hydrogen) atoms. The lowest BCUT2D eigenvalue weighted by molar-refractivity contribution is -0.384. The highest BCUT2D eigenvalue weighted by Gasteiger charge is 2.16. The fourth-order valence-electron chi connectivity index (χ4n) is 2.07. The molecule has 0 aliphatic carbocycles. The molecule has 0 heterocycles. The summed E-state index contributed by atoms with van der Waals surface area (Å²) >= 11 is 6.04. The zero-order valence-electron chi connectivity index (χ0n) is 12.2. The lowest BCUT2D eigenvalue weighted by Crippen LogP contribution is -2.26. The number of halogens is 1. The van der Waals surface area contributed by atoms with Crippen LogP contribution in [-0.2, 0) is 6.54 Å². The Morgan fingerprint density at radius 3 is 2.74 bits per heavy atom. The van der Waals surface area contributed by atoms with Crippen LogP contribution in [0.25, 0.3) is 0 Å². The second-order valence-corrected chi connectivity index (χ2v) is 5.29. The van der Waals surface area contributed by atoms with Crippen molar-refractivity contribution in [2.75, 3.05) is 7.05 Å². The molecule has 0 saturated carbocycles. The predicted octanol–water partition coefficient (Wildman–Crippen LogP) is 3.39. The lowest BCUT2D eigenvalue weighted by atomic mass is 10.1. The number of amides is 1. The molecular weight excluding hydrogens is 318 g/mol. The standard InChI is InChI=1S/C16H12ClN3O3/c1-19(16(21)12-4-2-3-11(7-12)9-18)10-13-8-14(20(22)23)5-6-15(13)17/h2-8H,10H2,1H3. The Labute approximate surface area is 137 Å². The fourth-order valence-corrected chi connectivity index (χ4v) is 2.24. The zero-order chi connectivity index (χ0) is 17.0. The van der Waals surface area contributed by atoms with Gasteiger partial charge in [0.2, 0.25) is 0 Å². The van der Waals surface area contributed by atoms with Crippen LogP contribution in [0.2, 0.25) is 5.02 Å². The minimum absolute atomic E-state index is 0.0864. The van der Waals surface area contributed by atoms with Crippen molar-refractivity contribution in [3.05, 3.63) is 74.3 Å². The Morgan fingerprint density at radius 2 is 2.09 bits per heavy atom. The third-order valence-corrected chi connectivity index (χ3v) is 3.60. The molecular formula is C16H12ClN3O3. The van der Waals surface area contributed by atoms with E-state index in [-0.39, 0.29) is 18.1 Å². The summed E-state index contributed by atoms with van der Waals surface area (Å²) in [6.07, 6.45) is 0. The van der Waals surface area contributed by atoms with Crippen LogP contribution in [0.3, 0.4) is 0 Å². The first-order chi connectivity index (χ1) is 10.9. The van der Waals surface area contributed by atoms with Gasteiger partial charge in [-0.15, -0.1) is 0 Å². The average molecular weight is 330 g/mol. The van der Waals surface area contributed by atoms with E-state index >= 15 is 0 Å². The van der Waals surface area contributed by atoms with Gasteiger partial charge in [0.15, 0.2) is 0 Å². The van der Waals surface area contributed by atoms with Crippen molar-refractivity contribution in [2.45, 2.75) is 6.54 Å². The molecule has 0 aliphatic heterocycles. The van der Waals surface area contributed by atoms with Crippen LogP contribution in [0.1, 0.15) is 21.5 Å². The van der Waals surface area contributed by atoms with Crippen LogP contribution in [0.5, 0.6) is 0 Å². The number of nitrogens with zero attached hydrogens (tertiary/aromatic N) is 3. The van der Waals surface area contributed by atoms with Crippen molar-refractivity contribution in [1.82, 2.24) is 4.90 Å². The topological polar surface area (TPSA) is 87.2 Å². The molecule has 0 saturated heterocycles. The summed E-state index contributed by atoms with van der Waals surface area (Å²) in [7, 11) is 1.57. The third kappa shape index (κ3) is 3.84. The highest BCUT2D eigenvalue weighted by Crippen LogP contribution is 2.23. The van der Waals surface area contributed by atoms with Gasteiger partial charge in [-0.05, 0) is 29.8 Å². The van der Waals surface area contributed by atoms with E-state index in [1.54, 1.807) is 25.2 Å². The molecule has 2 rings (SSSR count). The predicted molar refractivity (Wildman–Crippen MR) is 85.1 cm³/mol. The monoisotopic (exact) mass is 329 g/mol. The number of hydrogen-bond donors (Lipinski definition) is 0. The largest absolute Gasteiger partial charge is 0.337 e. The molecule has 116 valence electrons. The maximum Gasteiger partial charge on any atom is 0.269 e.